The van der Waals surface area contributed by atoms with Crippen molar-refractivity contribution in [1.82, 2.24) is 9.97 Å². The number of allylic oxidation sites excluding steroid dienone is 1. The first kappa shape index (κ1) is 24.5. The molecule has 0 radical (unpaired) electrons. The van der Waals surface area contributed by atoms with Crippen molar-refractivity contribution in [1.29, 1.82) is 5.26 Å². The highest BCUT2D eigenvalue weighted by atomic mass is 35.5. The van der Waals surface area contributed by atoms with Crippen molar-refractivity contribution in [3.63, 3.8) is 0 Å². The number of rotatable bonds is 6. The zero-order valence-corrected chi connectivity index (χ0v) is 20.2. The van der Waals surface area contributed by atoms with Gasteiger partial charge in [0, 0.05) is 21.2 Å². The average molecular weight is 501 g/mol. The van der Waals surface area contributed by atoms with Gasteiger partial charge in [0.05, 0.1) is 23.7 Å². The van der Waals surface area contributed by atoms with E-state index in [-0.39, 0.29) is 19.0 Å². The van der Waals surface area contributed by atoms with Crippen LogP contribution in [-0.4, -0.2) is 17.1 Å². The molecule has 1 heterocycles. The number of ether oxygens (including phenoxy) is 2. The number of H-pyrrole nitrogens is 1. The number of aryl methyl sites for hydroxylation is 1. The number of benzene rings is 3. The predicted octanol–water partition coefficient (Wildman–Crippen LogP) is 7.25. The summed E-state index contributed by atoms with van der Waals surface area (Å²) in [5.74, 6) is 1.53. The van der Waals surface area contributed by atoms with E-state index in [9.17, 15) is 5.26 Å². The van der Waals surface area contributed by atoms with Gasteiger partial charge >= 0.3 is 0 Å². The molecule has 0 aliphatic carbocycles. The fraction of sp³-hybridized carbons (Fsp3) is 0.120. The van der Waals surface area contributed by atoms with Gasteiger partial charge in [0.1, 0.15) is 18.5 Å². The summed E-state index contributed by atoms with van der Waals surface area (Å²) in [6, 6.07) is 18.9. The molecular formula is C25H20Cl3N3O2. The Kier molecular flexibility index (Phi) is 7.88. The van der Waals surface area contributed by atoms with Crippen LogP contribution in [0.1, 0.15) is 22.5 Å². The lowest BCUT2D eigenvalue weighted by molar-refractivity contribution is 0.284. The van der Waals surface area contributed by atoms with Gasteiger partial charge in [0.25, 0.3) is 0 Å². The quantitative estimate of drug-likeness (QED) is 0.283. The van der Waals surface area contributed by atoms with Crippen molar-refractivity contribution in [2.75, 3.05) is 7.11 Å². The molecular weight excluding hydrogens is 481 g/mol. The van der Waals surface area contributed by atoms with E-state index < -0.39 is 0 Å². The van der Waals surface area contributed by atoms with Crippen LogP contribution in [0.25, 0.3) is 22.7 Å². The molecule has 0 unspecified atom stereocenters. The molecule has 0 atom stereocenters. The van der Waals surface area contributed by atoms with E-state index >= 15 is 0 Å². The zero-order chi connectivity index (χ0) is 22.7. The highest BCUT2D eigenvalue weighted by Crippen LogP contribution is 2.35. The van der Waals surface area contributed by atoms with Gasteiger partial charge < -0.3 is 14.5 Å². The normalized spacial score (nSPS) is 11.1. The van der Waals surface area contributed by atoms with Crippen LogP contribution in [0.4, 0.5) is 0 Å². The van der Waals surface area contributed by atoms with Crippen LogP contribution in [-0.2, 0) is 6.61 Å². The van der Waals surface area contributed by atoms with Crippen molar-refractivity contribution in [3.05, 3.63) is 87.2 Å². The minimum Gasteiger partial charge on any atom is -0.493 e. The summed E-state index contributed by atoms with van der Waals surface area (Å²) in [6.07, 6.45) is 1.73. The molecule has 0 aliphatic heterocycles. The first-order valence-electron chi connectivity index (χ1n) is 9.80. The molecule has 0 amide bonds. The predicted molar refractivity (Wildman–Crippen MR) is 135 cm³/mol. The molecule has 0 saturated carbocycles. The second-order valence-electron chi connectivity index (χ2n) is 7.18. The molecule has 4 rings (SSSR count). The minimum absolute atomic E-state index is 0. The third-order valence-corrected chi connectivity index (χ3v) is 5.52. The van der Waals surface area contributed by atoms with Crippen molar-refractivity contribution in [3.8, 4) is 17.6 Å². The van der Waals surface area contributed by atoms with Crippen LogP contribution >= 0.6 is 35.6 Å². The van der Waals surface area contributed by atoms with E-state index in [1.54, 1.807) is 31.4 Å². The number of aromatic amines is 1. The molecule has 1 N–H and O–H groups in total. The Morgan fingerprint density at radius 1 is 1.15 bits per heavy atom. The molecule has 0 bridgehead atoms. The molecule has 5 nitrogen and oxygen atoms in total. The summed E-state index contributed by atoms with van der Waals surface area (Å²) < 4.78 is 11.6. The maximum atomic E-state index is 9.83. The third-order valence-electron chi connectivity index (χ3n) is 4.93. The fourth-order valence-corrected chi connectivity index (χ4v) is 3.77. The lowest BCUT2D eigenvalue weighted by Crippen LogP contribution is -2.00. The molecule has 168 valence electrons. The lowest BCUT2D eigenvalue weighted by Gasteiger charge is -2.14. The Morgan fingerprint density at radius 3 is 2.70 bits per heavy atom. The van der Waals surface area contributed by atoms with Crippen LogP contribution in [0.5, 0.6) is 11.5 Å². The van der Waals surface area contributed by atoms with Crippen molar-refractivity contribution in [2.24, 2.45) is 0 Å². The second kappa shape index (κ2) is 10.6. The smallest absolute Gasteiger partial charge is 0.168 e. The number of nitrogens with one attached hydrogen (secondary N) is 1. The van der Waals surface area contributed by atoms with Crippen molar-refractivity contribution in [2.45, 2.75) is 13.5 Å². The molecule has 3 aromatic carbocycles. The monoisotopic (exact) mass is 499 g/mol. The number of aromatic nitrogens is 2. The number of fused-ring (bicyclic) bond motifs is 1. The Labute approximate surface area is 208 Å². The summed E-state index contributed by atoms with van der Waals surface area (Å²) in [5.41, 5.74) is 4.63. The molecule has 8 heteroatoms. The van der Waals surface area contributed by atoms with Crippen LogP contribution in [0, 0.1) is 18.3 Å². The highest BCUT2D eigenvalue weighted by Gasteiger charge is 2.14. The Bertz CT molecular complexity index is 1370. The Morgan fingerprint density at radius 2 is 1.97 bits per heavy atom. The maximum absolute atomic E-state index is 9.83. The number of halogens is 3. The summed E-state index contributed by atoms with van der Waals surface area (Å²) in [7, 11) is 1.57. The summed E-state index contributed by atoms with van der Waals surface area (Å²) >= 11 is 12.3. The van der Waals surface area contributed by atoms with Gasteiger partial charge in [-0.15, -0.1) is 12.4 Å². The van der Waals surface area contributed by atoms with Gasteiger partial charge in [-0.3, -0.25) is 0 Å². The standard InChI is InChI=1S/C25H19Cl2N3O2.ClH/c1-15-6-9-21-22(10-15)30-25(29-21)18(13-28)11-16-4-3-5-23(31-2)24(16)32-14-17-7-8-19(26)12-20(17)27;/h3-12H,14H2,1-2H3,(H,29,30);1H. The Balaban J connectivity index is 0.00000306. The van der Waals surface area contributed by atoms with Crippen LogP contribution in [0.2, 0.25) is 10.0 Å². The van der Waals surface area contributed by atoms with Gasteiger partial charge in [0.15, 0.2) is 11.5 Å². The second-order valence-corrected chi connectivity index (χ2v) is 8.02. The van der Waals surface area contributed by atoms with Gasteiger partial charge in [-0.05, 0) is 48.9 Å². The number of hydrogen-bond donors (Lipinski definition) is 1. The average Bonchev–Trinajstić information content (AvgIpc) is 3.20. The van der Waals surface area contributed by atoms with Gasteiger partial charge in [-0.1, -0.05) is 47.5 Å². The summed E-state index contributed by atoms with van der Waals surface area (Å²) in [4.78, 5) is 7.78. The van der Waals surface area contributed by atoms with Crippen molar-refractivity contribution < 1.29 is 9.47 Å². The van der Waals surface area contributed by atoms with Gasteiger partial charge in [-0.2, -0.15) is 5.26 Å². The summed E-state index contributed by atoms with van der Waals surface area (Å²) in [6.45, 7) is 2.22. The number of hydrogen-bond acceptors (Lipinski definition) is 4. The molecule has 4 aromatic rings. The number of para-hydroxylation sites is 1. The van der Waals surface area contributed by atoms with E-state index in [1.807, 2.05) is 43.3 Å². The minimum atomic E-state index is 0. The maximum Gasteiger partial charge on any atom is 0.168 e. The SMILES string of the molecule is COc1cccc(C=C(C#N)c2nc3ccc(C)cc3[nH]2)c1OCc1ccc(Cl)cc1Cl.Cl. The number of nitriles is 1. The molecule has 1 aromatic heterocycles. The van der Waals surface area contributed by atoms with E-state index in [4.69, 9.17) is 32.7 Å². The van der Waals surface area contributed by atoms with E-state index in [2.05, 4.69) is 16.0 Å². The van der Waals surface area contributed by atoms with E-state index in [1.165, 1.54) is 0 Å². The molecule has 33 heavy (non-hydrogen) atoms. The van der Waals surface area contributed by atoms with E-state index in [0.717, 1.165) is 22.2 Å². The lowest BCUT2D eigenvalue weighted by atomic mass is 10.1. The van der Waals surface area contributed by atoms with Crippen LogP contribution < -0.4 is 9.47 Å². The fourth-order valence-electron chi connectivity index (χ4n) is 3.31. The summed E-state index contributed by atoms with van der Waals surface area (Å²) in [5, 5.41) is 10.9. The zero-order valence-electron chi connectivity index (χ0n) is 17.9. The van der Waals surface area contributed by atoms with Crippen LogP contribution in [0.15, 0.2) is 54.6 Å². The molecule has 0 fully saturated rings. The van der Waals surface area contributed by atoms with E-state index in [0.29, 0.717) is 38.5 Å². The van der Waals surface area contributed by atoms with Crippen molar-refractivity contribution >= 4 is 58.3 Å². The highest BCUT2D eigenvalue weighted by molar-refractivity contribution is 6.35. The number of methoxy groups -OCH3 is 1. The number of nitrogens with zero attached hydrogens (tertiary/aromatic N) is 2. The molecule has 0 aliphatic rings. The molecule has 0 spiro atoms. The topological polar surface area (TPSA) is 70.9 Å². The van der Waals surface area contributed by atoms with Gasteiger partial charge in [0.2, 0.25) is 0 Å². The Hall–Kier alpha value is -3.17. The first-order chi connectivity index (χ1) is 15.5. The first-order valence-corrected chi connectivity index (χ1v) is 10.6. The number of imidazole rings is 1. The van der Waals surface area contributed by atoms with Gasteiger partial charge in [-0.25, -0.2) is 4.98 Å². The molecule has 0 saturated heterocycles. The largest absolute Gasteiger partial charge is 0.493 e. The third kappa shape index (κ3) is 5.43. The van der Waals surface area contributed by atoms with Crippen LogP contribution in [0.3, 0.4) is 0 Å².